The highest BCUT2D eigenvalue weighted by molar-refractivity contribution is 5.95. The van der Waals surface area contributed by atoms with Gasteiger partial charge in [0.05, 0.1) is 10.9 Å². The lowest BCUT2D eigenvalue weighted by Gasteiger charge is -2.12. The van der Waals surface area contributed by atoms with E-state index in [1.807, 2.05) is 25.1 Å². The average Bonchev–Trinajstić information content (AvgIpc) is 3.13. The molecule has 0 spiro atoms. The van der Waals surface area contributed by atoms with E-state index in [0.717, 1.165) is 18.1 Å². The molecule has 0 aliphatic heterocycles. The summed E-state index contributed by atoms with van der Waals surface area (Å²) >= 11 is 0. The Bertz CT molecular complexity index is 1300. The van der Waals surface area contributed by atoms with E-state index in [1.54, 1.807) is 36.4 Å². The number of benzene rings is 2. The molecule has 1 amide bonds. The molecule has 6 nitrogen and oxygen atoms in total. The van der Waals surface area contributed by atoms with E-state index in [4.69, 9.17) is 4.74 Å². The van der Waals surface area contributed by atoms with Crippen molar-refractivity contribution in [3.63, 3.8) is 0 Å². The molecule has 4 rings (SSSR count). The molecule has 0 aliphatic carbocycles. The third kappa shape index (κ3) is 4.82. The molecule has 0 unspecified atom stereocenters. The number of alkyl halides is 3. The number of anilines is 1. The SMILES string of the molecule is CCc1cccc(NC(=O)COc2cc(C(F)(F)F)c3c(-c4ccccc4)nn(C)c3n2)c1. The first kappa shape index (κ1) is 22.3. The minimum Gasteiger partial charge on any atom is -0.467 e. The highest BCUT2D eigenvalue weighted by Gasteiger charge is 2.36. The predicted molar refractivity (Wildman–Crippen MR) is 119 cm³/mol. The average molecular weight is 454 g/mol. The molecule has 2 aromatic heterocycles. The molecule has 1 N–H and O–H groups in total. The molecule has 2 heterocycles. The fraction of sp³-hybridized carbons (Fsp3) is 0.208. The maximum Gasteiger partial charge on any atom is 0.417 e. The van der Waals surface area contributed by atoms with Gasteiger partial charge in [0.15, 0.2) is 12.3 Å². The largest absolute Gasteiger partial charge is 0.467 e. The van der Waals surface area contributed by atoms with Crippen LogP contribution < -0.4 is 10.1 Å². The van der Waals surface area contributed by atoms with Crippen LogP contribution in [-0.4, -0.2) is 27.3 Å². The van der Waals surface area contributed by atoms with Crippen molar-refractivity contribution < 1.29 is 22.7 Å². The van der Waals surface area contributed by atoms with Crippen LogP contribution >= 0.6 is 0 Å². The van der Waals surface area contributed by atoms with Gasteiger partial charge >= 0.3 is 6.18 Å². The first-order valence-corrected chi connectivity index (χ1v) is 10.3. The quantitative estimate of drug-likeness (QED) is 0.433. The number of rotatable bonds is 6. The number of ether oxygens (including phenoxy) is 1. The van der Waals surface area contributed by atoms with Crippen LogP contribution in [0.2, 0.25) is 0 Å². The van der Waals surface area contributed by atoms with Gasteiger partial charge in [-0.05, 0) is 24.1 Å². The molecule has 33 heavy (non-hydrogen) atoms. The van der Waals surface area contributed by atoms with Crippen molar-refractivity contribution >= 4 is 22.6 Å². The van der Waals surface area contributed by atoms with Crippen molar-refractivity contribution in [3.8, 4) is 17.1 Å². The number of nitrogens with one attached hydrogen (secondary N) is 1. The van der Waals surface area contributed by atoms with Crippen molar-refractivity contribution in [2.75, 3.05) is 11.9 Å². The van der Waals surface area contributed by atoms with Crippen molar-refractivity contribution in [2.24, 2.45) is 7.05 Å². The van der Waals surface area contributed by atoms with Gasteiger partial charge in [0, 0.05) is 24.4 Å². The number of amides is 1. The van der Waals surface area contributed by atoms with Crippen LogP contribution in [0, 0.1) is 0 Å². The zero-order valence-electron chi connectivity index (χ0n) is 18.0. The van der Waals surface area contributed by atoms with Gasteiger partial charge in [0.25, 0.3) is 5.91 Å². The van der Waals surface area contributed by atoms with Gasteiger partial charge in [0.1, 0.15) is 5.69 Å². The lowest BCUT2D eigenvalue weighted by atomic mass is 10.0. The molecule has 0 saturated carbocycles. The zero-order chi connectivity index (χ0) is 23.6. The van der Waals surface area contributed by atoms with Crippen LogP contribution in [0.3, 0.4) is 0 Å². The highest BCUT2D eigenvalue weighted by Crippen LogP contribution is 2.40. The van der Waals surface area contributed by atoms with Crippen LogP contribution in [0.25, 0.3) is 22.3 Å². The minimum atomic E-state index is -4.67. The molecule has 170 valence electrons. The van der Waals surface area contributed by atoms with E-state index < -0.39 is 24.3 Å². The smallest absolute Gasteiger partial charge is 0.417 e. The van der Waals surface area contributed by atoms with Gasteiger partial charge in [-0.25, -0.2) is 4.68 Å². The Morgan fingerprint density at radius 3 is 2.55 bits per heavy atom. The van der Waals surface area contributed by atoms with Crippen molar-refractivity contribution in [1.82, 2.24) is 14.8 Å². The first-order valence-electron chi connectivity index (χ1n) is 10.3. The number of carbonyl (C=O) groups is 1. The Balaban J connectivity index is 1.64. The summed E-state index contributed by atoms with van der Waals surface area (Å²) in [5.41, 5.74) is 1.42. The van der Waals surface area contributed by atoms with Gasteiger partial charge < -0.3 is 10.1 Å². The summed E-state index contributed by atoms with van der Waals surface area (Å²) in [4.78, 5) is 16.5. The number of carbonyl (C=O) groups excluding carboxylic acids is 1. The van der Waals surface area contributed by atoms with E-state index in [0.29, 0.717) is 11.3 Å². The standard InChI is InChI=1S/C24H21F3N4O2/c1-3-15-8-7-11-17(12-15)28-19(32)14-33-20-13-18(24(25,26)27)21-22(16-9-5-4-6-10-16)30-31(2)23(21)29-20/h4-13H,3,14H2,1-2H3,(H,28,32). The summed E-state index contributed by atoms with van der Waals surface area (Å²) in [6.45, 7) is 1.50. The maximum absolute atomic E-state index is 14.0. The fourth-order valence-electron chi connectivity index (χ4n) is 3.52. The summed E-state index contributed by atoms with van der Waals surface area (Å²) in [6, 6.07) is 16.7. The fourth-order valence-corrected chi connectivity index (χ4v) is 3.52. The highest BCUT2D eigenvalue weighted by atomic mass is 19.4. The topological polar surface area (TPSA) is 69.0 Å². The minimum absolute atomic E-state index is 0.00901. The van der Waals surface area contributed by atoms with Crippen molar-refractivity contribution in [3.05, 3.63) is 71.8 Å². The summed E-state index contributed by atoms with van der Waals surface area (Å²) in [5.74, 6) is -0.816. The van der Waals surface area contributed by atoms with Crippen LogP contribution in [-0.2, 0) is 24.4 Å². The molecule has 2 aromatic carbocycles. The van der Waals surface area contributed by atoms with Gasteiger partial charge in [-0.3, -0.25) is 4.79 Å². The lowest BCUT2D eigenvalue weighted by Crippen LogP contribution is -2.21. The van der Waals surface area contributed by atoms with E-state index in [2.05, 4.69) is 15.4 Å². The molecule has 9 heteroatoms. The molecule has 4 aromatic rings. The van der Waals surface area contributed by atoms with Gasteiger partial charge in [-0.1, -0.05) is 49.4 Å². The number of hydrogen-bond donors (Lipinski definition) is 1. The third-order valence-electron chi connectivity index (χ3n) is 5.09. The van der Waals surface area contributed by atoms with E-state index in [-0.39, 0.29) is 22.6 Å². The van der Waals surface area contributed by atoms with Crippen molar-refractivity contribution in [2.45, 2.75) is 19.5 Å². The molecule has 0 radical (unpaired) electrons. The molecule has 0 bridgehead atoms. The third-order valence-corrected chi connectivity index (χ3v) is 5.09. The zero-order valence-corrected chi connectivity index (χ0v) is 18.0. The number of aromatic nitrogens is 3. The number of fused-ring (bicyclic) bond motifs is 1. The lowest BCUT2D eigenvalue weighted by molar-refractivity contribution is -0.136. The molecule has 0 saturated heterocycles. The Labute approximate surface area is 188 Å². The number of halogens is 3. The molecule has 0 fully saturated rings. The van der Waals surface area contributed by atoms with Gasteiger partial charge in [-0.15, -0.1) is 0 Å². The predicted octanol–water partition coefficient (Wildman–Crippen LogP) is 5.23. The summed E-state index contributed by atoms with van der Waals surface area (Å²) in [7, 11) is 1.51. The summed E-state index contributed by atoms with van der Waals surface area (Å²) < 4.78 is 48.5. The number of hydrogen-bond acceptors (Lipinski definition) is 4. The molecular weight excluding hydrogens is 433 g/mol. The maximum atomic E-state index is 14.0. The van der Waals surface area contributed by atoms with Gasteiger partial charge in [0.2, 0.25) is 5.88 Å². The summed E-state index contributed by atoms with van der Waals surface area (Å²) in [5, 5.41) is 6.82. The second kappa shape index (κ2) is 8.93. The van der Waals surface area contributed by atoms with E-state index >= 15 is 0 Å². The Kier molecular flexibility index (Phi) is 6.04. The van der Waals surface area contributed by atoms with Crippen molar-refractivity contribution in [1.29, 1.82) is 0 Å². The first-order chi connectivity index (χ1) is 15.8. The van der Waals surface area contributed by atoms with Crippen LogP contribution in [0.15, 0.2) is 60.7 Å². The molecule has 0 aliphatic rings. The monoisotopic (exact) mass is 454 g/mol. The van der Waals surface area contributed by atoms with E-state index in [9.17, 15) is 18.0 Å². The second-order valence-corrected chi connectivity index (χ2v) is 7.43. The van der Waals surface area contributed by atoms with Crippen LogP contribution in [0.1, 0.15) is 18.1 Å². The van der Waals surface area contributed by atoms with Crippen LogP contribution in [0.5, 0.6) is 5.88 Å². The number of pyridine rings is 1. The molecular formula is C24H21F3N4O2. The van der Waals surface area contributed by atoms with Gasteiger partial charge in [-0.2, -0.15) is 23.3 Å². The Hall–Kier alpha value is -3.88. The Morgan fingerprint density at radius 1 is 1.09 bits per heavy atom. The van der Waals surface area contributed by atoms with E-state index in [1.165, 1.54) is 11.7 Å². The van der Waals surface area contributed by atoms with Crippen LogP contribution in [0.4, 0.5) is 18.9 Å². The second-order valence-electron chi connectivity index (χ2n) is 7.43. The normalized spacial score (nSPS) is 11.5. The summed E-state index contributed by atoms with van der Waals surface area (Å²) in [6.07, 6.45) is -3.87. The Morgan fingerprint density at radius 2 is 1.85 bits per heavy atom. The number of aryl methyl sites for hydroxylation is 2. The molecule has 0 atom stereocenters. The number of nitrogens with zero attached hydrogens (tertiary/aromatic N) is 3.